The average molecular weight is 311 g/mol. The lowest BCUT2D eigenvalue weighted by Gasteiger charge is -2.33. The average Bonchev–Trinajstić information content (AvgIpc) is 2.83. The summed E-state index contributed by atoms with van der Waals surface area (Å²) in [6.07, 6.45) is 0.392. The first-order valence-corrected chi connectivity index (χ1v) is 7.06. The first kappa shape index (κ1) is 15.1. The van der Waals surface area contributed by atoms with Gasteiger partial charge in [0.05, 0.1) is 16.3 Å². The number of amides is 2. The number of thiophene rings is 1. The number of imide groups is 1. The van der Waals surface area contributed by atoms with E-state index in [0.717, 1.165) is 11.3 Å². The molecular formula is C12H13N3O5S. The largest absolute Gasteiger partial charge is 0.336 e. The standard InChI is InChI=1S/C12H13N3O5S/c1-3-7-11(18)13-10(17)5-14(7)12-8(15(19)20)4-9(21-12)6(2)16/h4,7H,3,5H2,1-2H3,(H,13,17,18). The van der Waals surface area contributed by atoms with Gasteiger partial charge in [0, 0.05) is 6.07 Å². The van der Waals surface area contributed by atoms with Crippen molar-refractivity contribution in [2.75, 3.05) is 11.4 Å². The van der Waals surface area contributed by atoms with Crippen molar-refractivity contribution in [2.45, 2.75) is 26.3 Å². The summed E-state index contributed by atoms with van der Waals surface area (Å²) in [5.74, 6) is -1.30. The third-order valence-electron chi connectivity index (χ3n) is 3.14. The Kier molecular flexibility index (Phi) is 4.03. The molecule has 1 aliphatic rings. The molecule has 1 saturated heterocycles. The first-order valence-electron chi connectivity index (χ1n) is 6.24. The summed E-state index contributed by atoms with van der Waals surface area (Å²) in [6.45, 7) is 2.91. The predicted octanol–water partition coefficient (Wildman–Crippen LogP) is 1.10. The van der Waals surface area contributed by atoms with Crippen LogP contribution in [-0.2, 0) is 9.59 Å². The molecule has 112 valence electrons. The van der Waals surface area contributed by atoms with Crippen molar-refractivity contribution in [2.24, 2.45) is 0 Å². The van der Waals surface area contributed by atoms with Gasteiger partial charge < -0.3 is 4.90 Å². The van der Waals surface area contributed by atoms with E-state index in [9.17, 15) is 24.5 Å². The summed E-state index contributed by atoms with van der Waals surface area (Å²) in [6, 6.07) is 0.520. The molecule has 1 fully saturated rings. The normalized spacial score (nSPS) is 18.6. The maximum atomic E-state index is 11.8. The number of rotatable bonds is 4. The number of nitro groups is 1. The van der Waals surface area contributed by atoms with E-state index in [4.69, 9.17) is 0 Å². The number of hydrogen-bond donors (Lipinski definition) is 1. The van der Waals surface area contributed by atoms with Crippen LogP contribution in [0.1, 0.15) is 29.9 Å². The van der Waals surface area contributed by atoms with E-state index >= 15 is 0 Å². The van der Waals surface area contributed by atoms with Crippen LogP contribution >= 0.6 is 11.3 Å². The Morgan fingerprint density at radius 1 is 1.57 bits per heavy atom. The Balaban J connectivity index is 2.52. The quantitative estimate of drug-likeness (QED) is 0.386. The molecule has 2 heterocycles. The van der Waals surface area contributed by atoms with Gasteiger partial charge in [-0.25, -0.2) is 0 Å². The molecule has 1 unspecified atom stereocenters. The topological polar surface area (TPSA) is 110 Å². The van der Waals surface area contributed by atoms with E-state index in [0.29, 0.717) is 6.42 Å². The summed E-state index contributed by atoms with van der Waals surface area (Å²) in [5, 5.41) is 13.5. The Labute approximate surface area is 123 Å². The molecule has 2 amide bonds. The molecule has 1 aromatic rings. The van der Waals surface area contributed by atoms with E-state index < -0.39 is 22.8 Å². The van der Waals surface area contributed by atoms with Gasteiger partial charge in [0.1, 0.15) is 6.04 Å². The molecule has 8 nitrogen and oxygen atoms in total. The minimum Gasteiger partial charge on any atom is -0.336 e. The molecule has 21 heavy (non-hydrogen) atoms. The maximum absolute atomic E-state index is 11.8. The van der Waals surface area contributed by atoms with Gasteiger partial charge in [0.25, 0.3) is 0 Å². The Morgan fingerprint density at radius 2 is 2.24 bits per heavy atom. The van der Waals surface area contributed by atoms with Crippen LogP contribution in [0.3, 0.4) is 0 Å². The van der Waals surface area contributed by atoms with Crippen molar-refractivity contribution in [1.29, 1.82) is 0 Å². The number of hydrogen-bond acceptors (Lipinski definition) is 7. The van der Waals surface area contributed by atoms with Gasteiger partial charge in [-0.05, 0) is 13.3 Å². The molecule has 0 spiro atoms. The van der Waals surface area contributed by atoms with Crippen molar-refractivity contribution in [3.05, 3.63) is 21.1 Å². The highest BCUT2D eigenvalue weighted by atomic mass is 32.1. The van der Waals surface area contributed by atoms with E-state index in [-0.39, 0.29) is 27.9 Å². The molecule has 1 atom stereocenters. The van der Waals surface area contributed by atoms with Crippen LogP contribution in [0, 0.1) is 10.1 Å². The van der Waals surface area contributed by atoms with E-state index in [1.54, 1.807) is 6.92 Å². The lowest BCUT2D eigenvalue weighted by atomic mass is 10.1. The molecule has 1 aromatic heterocycles. The number of carbonyl (C=O) groups excluding carboxylic acids is 3. The fourth-order valence-corrected chi connectivity index (χ4v) is 3.24. The molecule has 1 N–H and O–H groups in total. The van der Waals surface area contributed by atoms with Crippen LogP contribution in [0.5, 0.6) is 0 Å². The van der Waals surface area contributed by atoms with Gasteiger partial charge in [-0.3, -0.25) is 29.8 Å². The monoisotopic (exact) mass is 311 g/mol. The lowest BCUT2D eigenvalue weighted by molar-refractivity contribution is -0.383. The maximum Gasteiger partial charge on any atom is 0.304 e. The molecule has 0 radical (unpaired) electrons. The van der Waals surface area contributed by atoms with Crippen molar-refractivity contribution >= 4 is 39.6 Å². The van der Waals surface area contributed by atoms with Crippen LogP contribution in [0.4, 0.5) is 10.7 Å². The fourth-order valence-electron chi connectivity index (χ4n) is 2.17. The number of nitrogens with one attached hydrogen (secondary N) is 1. The summed E-state index contributed by atoms with van der Waals surface area (Å²) in [7, 11) is 0. The van der Waals surface area contributed by atoms with Crippen LogP contribution < -0.4 is 10.2 Å². The predicted molar refractivity (Wildman–Crippen MR) is 75.6 cm³/mol. The molecule has 0 saturated carbocycles. The van der Waals surface area contributed by atoms with Crippen molar-refractivity contribution in [1.82, 2.24) is 5.32 Å². The number of ketones is 1. The molecule has 9 heteroatoms. The summed E-state index contributed by atoms with van der Waals surface area (Å²) in [4.78, 5) is 47.0. The van der Waals surface area contributed by atoms with Gasteiger partial charge in [0.15, 0.2) is 10.8 Å². The number of nitrogens with zero attached hydrogens (tertiary/aromatic N) is 2. The zero-order chi connectivity index (χ0) is 15.7. The molecule has 2 rings (SSSR count). The van der Waals surface area contributed by atoms with Crippen LogP contribution in [0.15, 0.2) is 6.07 Å². The van der Waals surface area contributed by atoms with Crippen LogP contribution in [0.2, 0.25) is 0 Å². The molecule has 0 aromatic carbocycles. The Bertz CT molecular complexity index is 639. The highest BCUT2D eigenvalue weighted by Gasteiger charge is 2.37. The smallest absolute Gasteiger partial charge is 0.304 e. The minimum absolute atomic E-state index is 0.150. The molecule has 1 aliphatic heterocycles. The van der Waals surface area contributed by atoms with Gasteiger partial charge >= 0.3 is 5.69 Å². The van der Waals surface area contributed by atoms with Gasteiger partial charge in [-0.2, -0.15) is 0 Å². The second-order valence-corrected chi connectivity index (χ2v) is 5.61. The summed E-state index contributed by atoms with van der Waals surface area (Å²) in [5.41, 5.74) is -0.258. The third-order valence-corrected chi connectivity index (χ3v) is 4.40. The van der Waals surface area contributed by atoms with Crippen molar-refractivity contribution in [3.8, 4) is 0 Å². The number of anilines is 1. The van der Waals surface area contributed by atoms with Crippen LogP contribution in [-0.4, -0.2) is 35.1 Å². The van der Waals surface area contributed by atoms with Crippen molar-refractivity contribution in [3.63, 3.8) is 0 Å². The number of piperazine rings is 1. The lowest BCUT2D eigenvalue weighted by Crippen LogP contribution is -2.58. The Hall–Kier alpha value is -2.29. The zero-order valence-corrected chi connectivity index (χ0v) is 12.2. The van der Waals surface area contributed by atoms with Gasteiger partial charge in [-0.15, -0.1) is 11.3 Å². The van der Waals surface area contributed by atoms with Gasteiger partial charge in [0.2, 0.25) is 11.8 Å². The first-order chi connectivity index (χ1) is 9.85. The zero-order valence-electron chi connectivity index (χ0n) is 11.4. The minimum atomic E-state index is -0.667. The SMILES string of the molecule is CCC1C(=O)NC(=O)CN1c1sc(C(C)=O)cc1[N+](=O)[O-]. The fraction of sp³-hybridized carbons (Fsp3) is 0.417. The highest BCUT2D eigenvalue weighted by Crippen LogP contribution is 2.39. The second-order valence-electron chi connectivity index (χ2n) is 4.58. The summed E-state index contributed by atoms with van der Waals surface area (Å²) >= 11 is 0.928. The molecule has 0 aliphatic carbocycles. The van der Waals surface area contributed by atoms with E-state index in [1.807, 2.05) is 0 Å². The van der Waals surface area contributed by atoms with Crippen LogP contribution in [0.25, 0.3) is 0 Å². The molecular weight excluding hydrogens is 298 g/mol. The second kappa shape index (κ2) is 5.60. The number of Topliss-reactive ketones (excluding diaryl/α,β-unsaturated/α-hetero) is 1. The highest BCUT2D eigenvalue weighted by molar-refractivity contribution is 7.18. The Morgan fingerprint density at radius 3 is 2.76 bits per heavy atom. The molecule has 0 bridgehead atoms. The third kappa shape index (κ3) is 2.77. The van der Waals surface area contributed by atoms with E-state index in [2.05, 4.69) is 5.32 Å². The summed E-state index contributed by atoms with van der Waals surface area (Å²) < 4.78 is 0. The van der Waals surface area contributed by atoms with Crippen molar-refractivity contribution < 1.29 is 19.3 Å². The van der Waals surface area contributed by atoms with E-state index in [1.165, 1.54) is 17.9 Å². The number of carbonyl (C=O) groups is 3. The van der Waals surface area contributed by atoms with Gasteiger partial charge in [-0.1, -0.05) is 6.92 Å².